The minimum Gasteiger partial charge on any atom is -0.383 e. The quantitative estimate of drug-likeness (QED) is 0.359. The number of aromatic nitrogens is 1. The number of carbonyl (C=O) groups is 2. The summed E-state index contributed by atoms with van der Waals surface area (Å²) in [4.78, 5) is 34.1. The van der Waals surface area contributed by atoms with Gasteiger partial charge in [-0.3, -0.25) is 14.6 Å². The molecule has 1 unspecified atom stereocenters. The number of nitrogens with one attached hydrogen (secondary N) is 2. The van der Waals surface area contributed by atoms with Crippen LogP contribution < -0.4 is 10.6 Å². The van der Waals surface area contributed by atoms with Gasteiger partial charge in [-0.2, -0.15) is 5.26 Å². The van der Waals surface area contributed by atoms with Gasteiger partial charge in [-0.25, -0.2) is 0 Å². The van der Waals surface area contributed by atoms with E-state index in [9.17, 15) is 14.9 Å². The smallest absolute Gasteiger partial charge is 0.264 e. The molecule has 2 aliphatic rings. The number of anilines is 1. The summed E-state index contributed by atoms with van der Waals surface area (Å²) in [5.41, 5.74) is 2.90. The molecule has 0 saturated carbocycles. The van der Waals surface area contributed by atoms with Crippen molar-refractivity contribution in [3.8, 4) is 6.07 Å². The fourth-order valence-corrected chi connectivity index (χ4v) is 5.84. The number of nitrogens with zero attached hydrogens (tertiary/aromatic N) is 4. The van der Waals surface area contributed by atoms with Crippen molar-refractivity contribution < 1.29 is 12.4 Å². The number of piperidine rings is 1. The lowest BCUT2D eigenvalue weighted by Crippen LogP contribution is -2.33. The molecule has 4 rings (SSSR count). The molecule has 0 aliphatic carbocycles. The van der Waals surface area contributed by atoms with Gasteiger partial charge >= 0.3 is 0 Å². The number of carbonyl (C=O) groups excluding carboxylic acids is 2. The molecule has 2 aromatic rings. The van der Waals surface area contributed by atoms with E-state index in [1.54, 1.807) is 18.3 Å². The Morgan fingerprint density at radius 1 is 1.19 bits per heavy atom. The van der Waals surface area contributed by atoms with Gasteiger partial charge in [0.05, 0.1) is 12.2 Å². The van der Waals surface area contributed by atoms with Crippen molar-refractivity contribution in [2.75, 3.05) is 38.0 Å². The lowest BCUT2D eigenvalue weighted by atomic mass is 10.1. The standard InChI is InChI=1S/C28H34N6O2S.2H2/c1-2-34-27(36)25(37-28(34)24(18-29)26(35)32-19-23-8-4-5-14-30-23)20-31-22-11-9-21(10-12-22)13-17-33-15-6-3-7-16-33;;/h4-5,8-12,14,25,31H,2-3,6-7,13,15-17,19-20H2,1H3,(H,32,35);2*1H/b28-24-;;. The molecule has 0 bridgehead atoms. The molecular formula is C28H38N6O2S. The molecule has 1 aromatic heterocycles. The summed E-state index contributed by atoms with van der Waals surface area (Å²) in [6.45, 7) is 6.36. The maximum Gasteiger partial charge on any atom is 0.264 e. The first-order valence-electron chi connectivity index (χ1n) is 12.9. The van der Waals surface area contributed by atoms with Gasteiger partial charge in [-0.15, -0.1) is 0 Å². The second-order valence-electron chi connectivity index (χ2n) is 9.21. The second-order valence-corrected chi connectivity index (χ2v) is 10.4. The normalized spacial score (nSPS) is 19.4. The van der Waals surface area contributed by atoms with Crippen LogP contribution in [-0.4, -0.2) is 64.6 Å². The van der Waals surface area contributed by atoms with E-state index in [4.69, 9.17) is 0 Å². The van der Waals surface area contributed by atoms with E-state index in [1.807, 2.05) is 19.1 Å². The Balaban J connectivity index is 0.00000267. The van der Waals surface area contributed by atoms with Gasteiger partial charge in [0, 0.05) is 34.4 Å². The Kier molecular flexibility index (Phi) is 9.58. The van der Waals surface area contributed by atoms with Gasteiger partial charge in [0.25, 0.3) is 5.91 Å². The summed E-state index contributed by atoms with van der Waals surface area (Å²) < 4.78 is 0. The van der Waals surface area contributed by atoms with Crippen LogP contribution in [0.5, 0.6) is 0 Å². The third-order valence-corrected chi connectivity index (χ3v) is 7.98. The largest absolute Gasteiger partial charge is 0.383 e. The molecule has 0 spiro atoms. The number of nitriles is 1. The van der Waals surface area contributed by atoms with Crippen molar-refractivity contribution in [3.63, 3.8) is 0 Å². The average Bonchev–Trinajstić information content (AvgIpc) is 3.26. The zero-order valence-corrected chi connectivity index (χ0v) is 22.1. The van der Waals surface area contributed by atoms with Crippen molar-refractivity contribution in [2.45, 2.75) is 44.4 Å². The number of rotatable bonds is 10. The SMILES string of the molecule is CCN1C(=O)C(CNc2ccc(CCN3CCCCC3)cc2)S/C1=C(/C#N)C(=O)NCc1ccccn1.[HH].[HH]. The third-order valence-electron chi connectivity index (χ3n) is 6.68. The van der Waals surface area contributed by atoms with Gasteiger partial charge in [-0.05, 0) is 69.1 Å². The Morgan fingerprint density at radius 3 is 2.65 bits per heavy atom. The maximum absolute atomic E-state index is 13.1. The monoisotopic (exact) mass is 522 g/mol. The van der Waals surface area contributed by atoms with Crippen LogP contribution in [0.1, 0.15) is 40.3 Å². The Hall–Kier alpha value is -3.35. The summed E-state index contributed by atoms with van der Waals surface area (Å²) in [6.07, 6.45) is 6.65. The van der Waals surface area contributed by atoms with Crippen LogP contribution in [0.4, 0.5) is 5.69 Å². The van der Waals surface area contributed by atoms with E-state index >= 15 is 0 Å². The minimum absolute atomic E-state index is 0. The van der Waals surface area contributed by atoms with Gasteiger partial charge in [0.1, 0.15) is 21.9 Å². The van der Waals surface area contributed by atoms with Gasteiger partial charge < -0.3 is 20.4 Å². The maximum atomic E-state index is 13.1. The van der Waals surface area contributed by atoms with Crippen molar-refractivity contribution >= 4 is 29.3 Å². The number of likely N-dealkylation sites (tertiary alicyclic amines) is 1. The Labute approximate surface area is 226 Å². The zero-order valence-electron chi connectivity index (χ0n) is 21.3. The van der Waals surface area contributed by atoms with Crippen LogP contribution in [-0.2, 0) is 22.6 Å². The highest BCUT2D eigenvalue weighted by molar-refractivity contribution is 8.04. The van der Waals surface area contributed by atoms with Crippen molar-refractivity contribution in [2.24, 2.45) is 0 Å². The van der Waals surface area contributed by atoms with Crippen LogP contribution in [0, 0.1) is 11.3 Å². The third kappa shape index (κ3) is 7.12. The van der Waals surface area contributed by atoms with E-state index < -0.39 is 11.2 Å². The number of hydrogen-bond acceptors (Lipinski definition) is 7. The number of hydrogen-bond donors (Lipinski definition) is 2. The first-order chi connectivity index (χ1) is 18.1. The summed E-state index contributed by atoms with van der Waals surface area (Å²) in [6, 6.07) is 15.8. The number of pyridine rings is 1. The highest BCUT2D eigenvalue weighted by Crippen LogP contribution is 2.37. The number of thioether (sulfide) groups is 1. The zero-order chi connectivity index (χ0) is 26.0. The van der Waals surface area contributed by atoms with Crippen molar-refractivity contribution in [3.05, 3.63) is 70.5 Å². The lowest BCUT2D eigenvalue weighted by Gasteiger charge is -2.26. The fraction of sp³-hybridized carbons (Fsp3) is 0.429. The first kappa shape index (κ1) is 26.7. The minimum atomic E-state index is -0.504. The van der Waals surface area contributed by atoms with Crippen LogP contribution in [0.25, 0.3) is 0 Å². The molecule has 8 nitrogen and oxygen atoms in total. The van der Waals surface area contributed by atoms with E-state index in [-0.39, 0.29) is 20.9 Å². The van der Waals surface area contributed by atoms with E-state index in [0.717, 1.165) is 18.7 Å². The Morgan fingerprint density at radius 2 is 1.97 bits per heavy atom. The highest BCUT2D eigenvalue weighted by atomic mass is 32.2. The predicted octanol–water partition coefficient (Wildman–Crippen LogP) is 4.03. The molecule has 198 valence electrons. The molecule has 9 heteroatoms. The van der Waals surface area contributed by atoms with Crippen LogP contribution in [0.2, 0.25) is 0 Å². The van der Waals surface area contributed by atoms with Gasteiger partial charge in [0.15, 0.2) is 0 Å². The molecule has 2 saturated heterocycles. The molecule has 2 fully saturated rings. The lowest BCUT2D eigenvalue weighted by molar-refractivity contribution is -0.127. The average molecular weight is 523 g/mol. The number of benzene rings is 1. The van der Waals surface area contributed by atoms with E-state index in [1.165, 1.54) is 54.6 Å². The molecule has 0 radical (unpaired) electrons. The highest BCUT2D eigenvalue weighted by Gasteiger charge is 2.38. The van der Waals surface area contributed by atoms with Crippen LogP contribution in [0.15, 0.2) is 59.3 Å². The van der Waals surface area contributed by atoms with Gasteiger partial charge in [0.2, 0.25) is 5.91 Å². The molecule has 3 heterocycles. The fourth-order valence-electron chi connectivity index (χ4n) is 4.57. The molecule has 2 amide bonds. The van der Waals surface area contributed by atoms with Crippen LogP contribution in [0.3, 0.4) is 0 Å². The summed E-state index contributed by atoms with van der Waals surface area (Å²) in [5.74, 6) is -0.603. The van der Waals surface area contributed by atoms with Crippen molar-refractivity contribution in [1.82, 2.24) is 20.1 Å². The number of amides is 2. The van der Waals surface area contributed by atoms with Crippen LogP contribution >= 0.6 is 11.8 Å². The van der Waals surface area contributed by atoms with E-state index in [0.29, 0.717) is 23.8 Å². The summed E-state index contributed by atoms with van der Waals surface area (Å²) in [7, 11) is 0. The predicted molar refractivity (Wildman–Crippen MR) is 151 cm³/mol. The molecule has 2 aliphatic heterocycles. The molecule has 1 aromatic carbocycles. The molecule has 1 atom stereocenters. The van der Waals surface area contributed by atoms with Crippen molar-refractivity contribution in [1.29, 1.82) is 5.26 Å². The first-order valence-corrected chi connectivity index (χ1v) is 13.8. The summed E-state index contributed by atoms with van der Waals surface area (Å²) >= 11 is 1.27. The molecule has 2 N–H and O–H groups in total. The summed E-state index contributed by atoms with van der Waals surface area (Å²) in [5, 5.41) is 15.8. The van der Waals surface area contributed by atoms with Gasteiger partial charge in [-0.1, -0.05) is 36.4 Å². The Bertz CT molecular complexity index is 1150. The molecule has 37 heavy (non-hydrogen) atoms. The second kappa shape index (κ2) is 13.3. The van der Waals surface area contributed by atoms with E-state index in [2.05, 4.69) is 44.8 Å². The molecular weight excluding hydrogens is 484 g/mol. The topological polar surface area (TPSA) is 101 Å².